The van der Waals surface area contributed by atoms with Crippen LogP contribution in [-0.4, -0.2) is 28.4 Å². The number of ether oxygens (including phenoxy) is 1. The third kappa shape index (κ3) is 4.14. The number of ketones is 1. The highest BCUT2D eigenvalue weighted by atomic mass is 19.2. The Bertz CT molecular complexity index is 940. The standard InChI is InChI=1S/C18H13F2NO6/c1-2-27-18(24)15(16(22)10-6-4-3-5-7-10)17(23)11-8-12(19)13(20)9-14(11)21(25)26/h3-9,22H,2H2,1H3/b16-15+. The first-order chi connectivity index (χ1) is 12.8. The van der Waals surface area contributed by atoms with Crippen molar-refractivity contribution in [2.75, 3.05) is 6.61 Å². The van der Waals surface area contributed by atoms with Crippen molar-refractivity contribution in [3.05, 3.63) is 80.9 Å². The largest absolute Gasteiger partial charge is 0.506 e. The van der Waals surface area contributed by atoms with E-state index in [9.17, 15) is 33.6 Å². The number of nitro benzene ring substituents is 1. The second-order valence-corrected chi connectivity index (χ2v) is 5.18. The summed E-state index contributed by atoms with van der Waals surface area (Å²) < 4.78 is 31.6. The highest BCUT2D eigenvalue weighted by Crippen LogP contribution is 2.28. The number of halogens is 2. The molecule has 1 N–H and O–H groups in total. The van der Waals surface area contributed by atoms with E-state index < -0.39 is 50.9 Å². The molecule has 0 fully saturated rings. The highest BCUT2D eigenvalue weighted by molar-refractivity contribution is 6.28. The Kier molecular flexibility index (Phi) is 5.96. The fourth-order valence-corrected chi connectivity index (χ4v) is 2.24. The molecule has 0 unspecified atom stereocenters. The van der Waals surface area contributed by atoms with Crippen LogP contribution in [0.2, 0.25) is 0 Å². The number of aliphatic hydroxyl groups is 1. The van der Waals surface area contributed by atoms with E-state index in [0.29, 0.717) is 6.07 Å². The van der Waals surface area contributed by atoms with Crippen LogP contribution in [0.15, 0.2) is 48.0 Å². The van der Waals surface area contributed by atoms with Gasteiger partial charge in [-0.15, -0.1) is 0 Å². The van der Waals surface area contributed by atoms with Crippen molar-refractivity contribution in [3.8, 4) is 0 Å². The maximum absolute atomic E-state index is 13.6. The summed E-state index contributed by atoms with van der Waals surface area (Å²) in [6, 6.07) is 7.92. The zero-order chi connectivity index (χ0) is 20.1. The zero-order valence-electron chi connectivity index (χ0n) is 13.9. The van der Waals surface area contributed by atoms with E-state index in [1.165, 1.54) is 31.2 Å². The van der Waals surface area contributed by atoms with E-state index >= 15 is 0 Å². The summed E-state index contributed by atoms with van der Waals surface area (Å²) in [6.07, 6.45) is 0. The van der Waals surface area contributed by atoms with Gasteiger partial charge in [-0.25, -0.2) is 13.6 Å². The van der Waals surface area contributed by atoms with Gasteiger partial charge in [0, 0.05) is 5.56 Å². The van der Waals surface area contributed by atoms with Gasteiger partial charge in [0.05, 0.1) is 17.6 Å². The average molecular weight is 377 g/mol. The predicted octanol–water partition coefficient (Wildman–Crippen LogP) is 3.59. The first-order valence-electron chi connectivity index (χ1n) is 7.61. The number of carbonyl (C=O) groups is 2. The molecule has 2 aromatic carbocycles. The van der Waals surface area contributed by atoms with Gasteiger partial charge in [0.1, 0.15) is 11.3 Å². The molecule has 0 aliphatic rings. The Balaban J connectivity index is 2.72. The molecular formula is C18H13F2NO6. The molecule has 0 aromatic heterocycles. The van der Waals surface area contributed by atoms with E-state index in [-0.39, 0.29) is 18.2 Å². The van der Waals surface area contributed by atoms with Gasteiger partial charge in [0.2, 0.25) is 5.78 Å². The summed E-state index contributed by atoms with van der Waals surface area (Å²) in [7, 11) is 0. The normalized spacial score (nSPS) is 11.5. The fraction of sp³-hybridized carbons (Fsp3) is 0.111. The average Bonchev–Trinajstić information content (AvgIpc) is 2.64. The number of hydrogen-bond acceptors (Lipinski definition) is 6. The molecule has 140 valence electrons. The van der Waals surface area contributed by atoms with Crippen molar-refractivity contribution in [2.45, 2.75) is 6.92 Å². The maximum atomic E-state index is 13.6. The van der Waals surface area contributed by atoms with Gasteiger partial charge in [-0.1, -0.05) is 30.3 Å². The Morgan fingerprint density at radius 2 is 1.74 bits per heavy atom. The molecule has 7 nitrogen and oxygen atoms in total. The second kappa shape index (κ2) is 8.17. The van der Waals surface area contributed by atoms with Crippen molar-refractivity contribution < 1.29 is 33.1 Å². The first kappa shape index (κ1) is 19.7. The number of rotatable bonds is 6. The Morgan fingerprint density at radius 3 is 2.30 bits per heavy atom. The number of benzene rings is 2. The van der Waals surface area contributed by atoms with E-state index in [1.54, 1.807) is 6.07 Å². The molecule has 0 amide bonds. The number of Topliss-reactive ketones (excluding diaryl/α,β-unsaturated/α-hetero) is 1. The quantitative estimate of drug-likeness (QED) is 0.121. The topological polar surface area (TPSA) is 107 Å². The number of nitro groups is 1. The highest BCUT2D eigenvalue weighted by Gasteiger charge is 2.32. The van der Waals surface area contributed by atoms with Gasteiger partial charge in [-0.3, -0.25) is 14.9 Å². The lowest BCUT2D eigenvalue weighted by molar-refractivity contribution is -0.385. The lowest BCUT2D eigenvalue weighted by atomic mass is 9.98. The Morgan fingerprint density at radius 1 is 1.15 bits per heavy atom. The number of esters is 1. The number of hydrogen-bond donors (Lipinski definition) is 1. The van der Waals surface area contributed by atoms with Crippen LogP contribution in [0.4, 0.5) is 14.5 Å². The SMILES string of the molecule is CCOC(=O)/C(C(=O)c1cc(F)c(F)cc1[N+](=O)[O-])=C(/O)c1ccccc1. The van der Waals surface area contributed by atoms with Gasteiger partial charge in [0.15, 0.2) is 17.2 Å². The third-order valence-electron chi connectivity index (χ3n) is 3.47. The summed E-state index contributed by atoms with van der Waals surface area (Å²) in [5, 5.41) is 21.5. The molecular weight excluding hydrogens is 364 g/mol. The molecule has 0 aliphatic heterocycles. The summed E-state index contributed by atoms with van der Waals surface area (Å²) in [4.78, 5) is 35.0. The van der Waals surface area contributed by atoms with Crippen LogP contribution >= 0.6 is 0 Å². The summed E-state index contributed by atoms with van der Waals surface area (Å²) >= 11 is 0. The zero-order valence-corrected chi connectivity index (χ0v) is 13.9. The summed E-state index contributed by atoms with van der Waals surface area (Å²) in [5.74, 6) is -6.50. The van der Waals surface area contributed by atoms with Crippen molar-refractivity contribution in [1.82, 2.24) is 0 Å². The first-order valence-corrected chi connectivity index (χ1v) is 7.61. The maximum Gasteiger partial charge on any atom is 0.345 e. The van der Waals surface area contributed by atoms with Crippen LogP contribution in [-0.2, 0) is 9.53 Å². The van der Waals surface area contributed by atoms with Crippen LogP contribution in [0, 0.1) is 21.7 Å². The van der Waals surface area contributed by atoms with E-state index in [1.807, 2.05) is 0 Å². The van der Waals surface area contributed by atoms with Crippen LogP contribution in [0.1, 0.15) is 22.8 Å². The lowest BCUT2D eigenvalue weighted by Crippen LogP contribution is -2.19. The van der Waals surface area contributed by atoms with Crippen molar-refractivity contribution >= 4 is 23.2 Å². The molecule has 27 heavy (non-hydrogen) atoms. The molecule has 2 rings (SSSR count). The molecule has 0 radical (unpaired) electrons. The van der Waals surface area contributed by atoms with Crippen molar-refractivity contribution in [1.29, 1.82) is 0 Å². The molecule has 0 saturated heterocycles. The smallest absolute Gasteiger partial charge is 0.345 e. The minimum absolute atomic E-state index is 0.0548. The van der Waals surface area contributed by atoms with E-state index in [0.717, 1.165) is 0 Å². The fourth-order valence-electron chi connectivity index (χ4n) is 2.24. The van der Waals surface area contributed by atoms with E-state index in [4.69, 9.17) is 4.74 Å². The molecule has 0 heterocycles. The monoisotopic (exact) mass is 377 g/mol. The molecule has 0 bridgehead atoms. The van der Waals surface area contributed by atoms with Gasteiger partial charge in [0.25, 0.3) is 5.69 Å². The molecule has 0 aliphatic carbocycles. The Labute approximate surface area is 151 Å². The number of aliphatic hydroxyl groups excluding tert-OH is 1. The molecule has 0 spiro atoms. The van der Waals surface area contributed by atoms with Gasteiger partial charge < -0.3 is 9.84 Å². The van der Waals surface area contributed by atoms with Gasteiger partial charge in [-0.2, -0.15) is 0 Å². The minimum Gasteiger partial charge on any atom is -0.506 e. The van der Waals surface area contributed by atoms with Crippen LogP contribution in [0.5, 0.6) is 0 Å². The van der Waals surface area contributed by atoms with Crippen LogP contribution < -0.4 is 0 Å². The van der Waals surface area contributed by atoms with Crippen LogP contribution in [0.3, 0.4) is 0 Å². The van der Waals surface area contributed by atoms with Crippen LogP contribution in [0.25, 0.3) is 5.76 Å². The minimum atomic E-state index is -1.54. The summed E-state index contributed by atoms with van der Waals surface area (Å²) in [5.41, 5.74) is -2.83. The van der Waals surface area contributed by atoms with Gasteiger partial charge in [-0.05, 0) is 13.0 Å². The van der Waals surface area contributed by atoms with Crippen molar-refractivity contribution in [2.24, 2.45) is 0 Å². The number of carbonyl (C=O) groups excluding carboxylic acids is 2. The Hall–Kier alpha value is -3.62. The second-order valence-electron chi connectivity index (χ2n) is 5.18. The molecule has 0 atom stereocenters. The van der Waals surface area contributed by atoms with Crippen molar-refractivity contribution in [3.63, 3.8) is 0 Å². The molecule has 9 heteroatoms. The molecule has 0 saturated carbocycles. The summed E-state index contributed by atoms with van der Waals surface area (Å²) in [6.45, 7) is 1.29. The van der Waals surface area contributed by atoms with E-state index in [2.05, 4.69) is 0 Å². The number of nitrogens with zero attached hydrogens (tertiary/aromatic N) is 1. The van der Waals surface area contributed by atoms with Gasteiger partial charge >= 0.3 is 5.97 Å². The third-order valence-corrected chi connectivity index (χ3v) is 3.47. The predicted molar refractivity (Wildman–Crippen MR) is 90.0 cm³/mol. The lowest BCUT2D eigenvalue weighted by Gasteiger charge is -2.10. The molecule has 2 aromatic rings.